The molecule has 2 rings (SSSR count). The lowest BCUT2D eigenvalue weighted by molar-refractivity contribution is -0.141. The molecule has 0 spiro atoms. The molecule has 6 nitrogen and oxygen atoms in total. The van der Waals surface area contributed by atoms with Crippen LogP contribution in [0.15, 0.2) is 91.4 Å². The monoisotopic (exact) mass is 487 g/mol. The van der Waals surface area contributed by atoms with E-state index in [-0.39, 0.29) is 17.4 Å². The SMILES string of the molecule is C=C.C=C/C=C\C(=C/C)C(=O)NC(C)=N/C=C(\C)n1nc(C(F)(F)F)cc1-c1cccnc1.CC. The molecule has 0 fully saturated rings. The van der Waals surface area contributed by atoms with Crippen LogP contribution in [0.4, 0.5) is 13.2 Å². The van der Waals surface area contributed by atoms with Crippen molar-refractivity contribution < 1.29 is 18.0 Å². The Kier molecular flexibility index (Phi) is 14.0. The molecule has 0 radical (unpaired) electrons. The van der Waals surface area contributed by atoms with Crippen molar-refractivity contribution in [2.24, 2.45) is 4.99 Å². The van der Waals surface area contributed by atoms with E-state index in [1.165, 1.54) is 18.6 Å². The largest absolute Gasteiger partial charge is 0.435 e. The van der Waals surface area contributed by atoms with E-state index in [2.05, 4.69) is 40.1 Å². The van der Waals surface area contributed by atoms with Crippen LogP contribution < -0.4 is 5.32 Å². The van der Waals surface area contributed by atoms with Crippen molar-refractivity contribution in [1.82, 2.24) is 20.1 Å². The minimum absolute atomic E-state index is 0.219. The summed E-state index contributed by atoms with van der Waals surface area (Å²) in [6.45, 7) is 18.4. The van der Waals surface area contributed by atoms with Gasteiger partial charge in [0.05, 0.1) is 17.6 Å². The highest BCUT2D eigenvalue weighted by molar-refractivity contribution is 6.06. The number of alkyl halides is 3. The summed E-state index contributed by atoms with van der Waals surface area (Å²) < 4.78 is 40.8. The van der Waals surface area contributed by atoms with Gasteiger partial charge in [-0.3, -0.25) is 9.78 Å². The van der Waals surface area contributed by atoms with Crippen molar-refractivity contribution in [3.8, 4) is 11.3 Å². The zero-order valence-electron chi connectivity index (χ0n) is 20.7. The average molecular weight is 488 g/mol. The van der Waals surface area contributed by atoms with Crippen LogP contribution in [0.1, 0.15) is 40.3 Å². The number of hydrogen-bond donors (Lipinski definition) is 1. The molecule has 2 heterocycles. The van der Waals surface area contributed by atoms with E-state index < -0.39 is 11.9 Å². The molecule has 0 aliphatic carbocycles. The second kappa shape index (κ2) is 15.8. The molecule has 0 atom stereocenters. The number of carbonyl (C=O) groups is 1. The maximum absolute atomic E-state index is 13.2. The normalized spacial score (nSPS) is 12.3. The molecule has 35 heavy (non-hydrogen) atoms. The molecule has 0 saturated heterocycles. The second-order valence-corrected chi connectivity index (χ2v) is 6.34. The van der Waals surface area contributed by atoms with E-state index in [0.29, 0.717) is 16.8 Å². The summed E-state index contributed by atoms with van der Waals surface area (Å²) in [5.41, 5.74) is 0.396. The summed E-state index contributed by atoms with van der Waals surface area (Å²) in [4.78, 5) is 20.3. The predicted octanol–water partition coefficient (Wildman–Crippen LogP) is 6.83. The van der Waals surface area contributed by atoms with Crippen LogP contribution >= 0.6 is 0 Å². The summed E-state index contributed by atoms with van der Waals surface area (Å²) >= 11 is 0. The number of nitrogens with zero attached hydrogens (tertiary/aromatic N) is 4. The smallest absolute Gasteiger partial charge is 0.310 e. The minimum Gasteiger partial charge on any atom is -0.310 e. The molecule has 2 aromatic heterocycles. The third kappa shape index (κ3) is 9.79. The molecule has 9 heteroatoms. The first kappa shape index (κ1) is 31.0. The summed E-state index contributed by atoms with van der Waals surface area (Å²) in [7, 11) is 0. The quantitative estimate of drug-likeness (QED) is 0.160. The number of amides is 1. The number of nitrogens with one attached hydrogen (secondary N) is 1. The Bertz CT molecular complexity index is 1080. The van der Waals surface area contributed by atoms with E-state index in [1.807, 2.05) is 13.8 Å². The van der Waals surface area contributed by atoms with Crippen LogP contribution in [-0.4, -0.2) is 26.5 Å². The van der Waals surface area contributed by atoms with Gasteiger partial charge in [0.1, 0.15) is 5.84 Å². The van der Waals surface area contributed by atoms with Crippen LogP contribution in [-0.2, 0) is 11.0 Å². The molecule has 2 aromatic rings. The van der Waals surface area contributed by atoms with Gasteiger partial charge in [-0.2, -0.15) is 18.3 Å². The molecule has 0 unspecified atom stereocenters. The maximum atomic E-state index is 13.2. The Hall–Kier alpha value is -4.01. The Morgan fingerprint density at radius 2 is 1.89 bits per heavy atom. The molecule has 0 aliphatic rings. The molecule has 0 aromatic carbocycles. The Labute approximate surface area is 205 Å². The van der Waals surface area contributed by atoms with Gasteiger partial charge in [-0.15, -0.1) is 13.2 Å². The maximum Gasteiger partial charge on any atom is 0.435 e. The number of rotatable bonds is 6. The molecule has 188 valence electrons. The molecule has 0 bridgehead atoms. The fraction of sp³-hybridized carbons (Fsp3) is 0.231. The van der Waals surface area contributed by atoms with Crippen LogP contribution in [0.3, 0.4) is 0 Å². The van der Waals surface area contributed by atoms with Crippen LogP contribution in [0.2, 0.25) is 0 Å². The van der Waals surface area contributed by atoms with Gasteiger partial charge in [0.25, 0.3) is 5.91 Å². The third-order valence-corrected chi connectivity index (χ3v) is 4.02. The van der Waals surface area contributed by atoms with Crippen molar-refractivity contribution in [1.29, 1.82) is 0 Å². The van der Waals surface area contributed by atoms with E-state index >= 15 is 0 Å². The van der Waals surface area contributed by atoms with Crippen LogP contribution in [0.5, 0.6) is 0 Å². The first-order chi connectivity index (χ1) is 16.7. The number of aliphatic imine (C=N–C) groups is 1. The van der Waals surface area contributed by atoms with Crippen molar-refractivity contribution in [2.75, 3.05) is 0 Å². The highest BCUT2D eigenvalue weighted by Gasteiger charge is 2.35. The Balaban J connectivity index is 0.00000274. The van der Waals surface area contributed by atoms with Gasteiger partial charge in [0.2, 0.25) is 0 Å². The molecular weight excluding hydrogens is 455 g/mol. The fourth-order valence-electron chi connectivity index (χ4n) is 2.50. The first-order valence-corrected chi connectivity index (χ1v) is 10.7. The van der Waals surface area contributed by atoms with Crippen LogP contribution in [0.25, 0.3) is 17.0 Å². The van der Waals surface area contributed by atoms with Gasteiger partial charge < -0.3 is 5.32 Å². The van der Waals surface area contributed by atoms with E-state index in [0.717, 1.165) is 10.7 Å². The summed E-state index contributed by atoms with van der Waals surface area (Å²) in [6.07, 6.45) is 6.10. The van der Waals surface area contributed by atoms with Gasteiger partial charge in [-0.1, -0.05) is 38.7 Å². The number of amidine groups is 1. The second-order valence-electron chi connectivity index (χ2n) is 6.34. The number of carbonyl (C=O) groups excluding carboxylic acids is 1. The number of pyridine rings is 1. The van der Waals surface area contributed by atoms with E-state index in [9.17, 15) is 18.0 Å². The van der Waals surface area contributed by atoms with Crippen molar-refractivity contribution in [3.63, 3.8) is 0 Å². The molecular formula is C26H32F3N5O. The zero-order chi connectivity index (χ0) is 27.0. The standard InChI is InChI=1S/C22H22F3N5O.C2H6.C2H4/c1-5-7-9-17(6-2)21(31)28-16(4)27-13-15(3)30-19(18-10-8-11-26-14-18)12-20(29-30)22(23,24)25;2*1-2/h5-14H,1H2,2-4H3,(H,27,28,31);1-2H3;1-2H2/b9-7-,15-13+,17-6+;;. The Morgan fingerprint density at radius 1 is 1.23 bits per heavy atom. The van der Waals surface area contributed by atoms with Crippen LogP contribution in [0, 0.1) is 0 Å². The van der Waals surface area contributed by atoms with E-state index in [1.54, 1.807) is 57.2 Å². The first-order valence-electron chi connectivity index (χ1n) is 10.7. The van der Waals surface area contributed by atoms with Crippen molar-refractivity contribution in [2.45, 2.75) is 40.8 Å². The highest BCUT2D eigenvalue weighted by Crippen LogP contribution is 2.32. The average Bonchev–Trinajstić information content (AvgIpc) is 3.32. The lowest BCUT2D eigenvalue weighted by atomic mass is 10.2. The number of hydrogen-bond acceptors (Lipinski definition) is 4. The predicted molar refractivity (Wildman–Crippen MR) is 137 cm³/mol. The minimum atomic E-state index is -4.60. The lowest BCUT2D eigenvalue weighted by Crippen LogP contribution is -2.29. The number of aromatic nitrogens is 3. The molecule has 1 amide bonds. The van der Waals surface area contributed by atoms with Gasteiger partial charge in [-0.25, -0.2) is 9.67 Å². The van der Waals surface area contributed by atoms with Gasteiger partial charge >= 0.3 is 6.18 Å². The molecule has 0 saturated carbocycles. The summed E-state index contributed by atoms with van der Waals surface area (Å²) in [5, 5.41) is 6.30. The van der Waals surface area contributed by atoms with Gasteiger partial charge in [0, 0.05) is 23.5 Å². The van der Waals surface area contributed by atoms with Crippen molar-refractivity contribution >= 4 is 17.4 Å². The fourth-order valence-corrected chi connectivity index (χ4v) is 2.50. The van der Waals surface area contributed by atoms with Crippen molar-refractivity contribution in [3.05, 3.63) is 92.1 Å². The van der Waals surface area contributed by atoms with Gasteiger partial charge in [-0.05, 0) is 45.0 Å². The highest BCUT2D eigenvalue weighted by atomic mass is 19.4. The molecule has 1 N–H and O–H groups in total. The van der Waals surface area contributed by atoms with E-state index in [4.69, 9.17) is 0 Å². The zero-order valence-corrected chi connectivity index (χ0v) is 20.7. The van der Waals surface area contributed by atoms with Gasteiger partial charge in [0.15, 0.2) is 5.69 Å². The topological polar surface area (TPSA) is 72.2 Å². The third-order valence-electron chi connectivity index (χ3n) is 4.02. The lowest BCUT2D eigenvalue weighted by Gasteiger charge is -2.08. The number of halogens is 3. The molecule has 0 aliphatic heterocycles. The summed E-state index contributed by atoms with van der Waals surface area (Å²) in [6, 6.07) is 4.21. The Morgan fingerprint density at radius 3 is 2.40 bits per heavy atom. The summed E-state index contributed by atoms with van der Waals surface area (Å²) in [5.74, 6) is -0.107. The number of allylic oxidation sites excluding steroid dienone is 4.